The maximum atomic E-state index is 12.8. The summed E-state index contributed by atoms with van der Waals surface area (Å²) in [6.07, 6.45) is 5.80. The summed E-state index contributed by atoms with van der Waals surface area (Å²) in [5.41, 5.74) is 1.58. The van der Waals surface area contributed by atoms with Gasteiger partial charge in [0.05, 0.1) is 31.4 Å². The third kappa shape index (κ3) is 3.18. The molecule has 0 aliphatic carbocycles. The van der Waals surface area contributed by atoms with Crippen LogP contribution in [0.25, 0.3) is 5.65 Å². The number of fused-ring (bicyclic) bond motifs is 1. The molecule has 136 valence electrons. The maximum Gasteiger partial charge on any atom is 0.235 e. The first-order valence-electron chi connectivity index (χ1n) is 8.50. The molecule has 0 radical (unpaired) electrons. The molecule has 4 rings (SSSR count). The SMILES string of the molecule is COCCn1cc([C@H]2OCC[C@@H]2C(=O)Nc2nnc3ccccn23)cn1. The standard InChI is InChI=1S/C17H20N6O3/c1-25-9-7-22-11-12(10-18-22)15-13(5-8-26-15)16(24)19-17-21-20-14-4-2-3-6-23(14)17/h2-4,6,10-11,13,15H,5,7-9H2,1H3,(H,19,21,24)/t13-,15+/m0/s1. The van der Waals surface area contributed by atoms with E-state index in [1.54, 1.807) is 22.4 Å². The van der Waals surface area contributed by atoms with Crippen LogP contribution >= 0.6 is 0 Å². The van der Waals surface area contributed by atoms with Gasteiger partial charge in [0.1, 0.15) is 0 Å². The predicted octanol–water partition coefficient (Wildman–Crippen LogP) is 1.29. The van der Waals surface area contributed by atoms with E-state index in [2.05, 4.69) is 20.6 Å². The van der Waals surface area contributed by atoms with Crippen molar-refractivity contribution in [1.82, 2.24) is 24.4 Å². The lowest BCUT2D eigenvalue weighted by Crippen LogP contribution is -2.26. The van der Waals surface area contributed by atoms with Gasteiger partial charge in [-0.25, -0.2) is 0 Å². The highest BCUT2D eigenvalue weighted by Gasteiger charge is 2.36. The largest absolute Gasteiger partial charge is 0.383 e. The lowest BCUT2D eigenvalue weighted by molar-refractivity contribution is -0.121. The van der Waals surface area contributed by atoms with Crippen LogP contribution in [0.2, 0.25) is 0 Å². The highest BCUT2D eigenvalue weighted by Crippen LogP contribution is 2.35. The van der Waals surface area contributed by atoms with E-state index in [-0.39, 0.29) is 17.9 Å². The van der Waals surface area contributed by atoms with Gasteiger partial charge in [0.25, 0.3) is 0 Å². The summed E-state index contributed by atoms with van der Waals surface area (Å²) in [6.45, 7) is 1.77. The second kappa shape index (κ2) is 7.22. The third-order valence-corrected chi connectivity index (χ3v) is 4.48. The number of amides is 1. The highest BCUT2D eigenvalue weighted by atomic mass is 16.5. The molecule has 4 heterocycles. The van der Waals surface area contributed by atoms with Crippen molar-refractivity contribution in [2.45, 2.75) is 19.1 Å². The summed E-state index contributed by atoms with van der Waals surface area (Å²) < 4.78 is 14.4. The maximum absolute atomic E-state index is 12.8. The number of carbonyl (C=O) groups is 1. The number of nitrogens with one attached hydrogen (secondary N) is 1. The normalized spacial score (nSPS) is 19.9. The number of hydrogen-bond acceptors (Lipinski definition) is 6. The lowest BCUT2D eigenvalue weighted by Gasteiger charge is -2.16. The Morgan fingerprint density at radius 1 is 1.42 bits per heavy atom. The van der Waals surface area contributed by atoms with Gasteiger partial charge in [0.2, 0.25) is 11.9 Å². The lowest BCUT2D eigenvalue weighted by atomic mass is 9.96. The van der Waals surface area contributed by atoms with Crippen LogP contribution in [0.3, 0.4) is 0 Å². The molecule has 0 spiro atoms. The van der Waals surface area contributed by atoms with E-state index in [0.717, 1.165) is 5.56 Å². The first-order valence-corrected chi connectivity index (χ1v) is 8.50. The molecule has 1 amide bonds. The van der Waals surface area contributed by atoms with Gasteiger partial charge in [-0.1, -0.05) is 6.07 Å². The second-order valence-corrected chi connectivity index (χ2v) is 6.16. The summed E-state index contributed by atoms with van der Waals surface area (Å²) in [7, 11) is 1.65. The van der Waals surface area contributed by atoms with Gasteiger partial charge in [-0.2, -0.15) is 5.10 Å². The number of anilines is 1. The molecule has 0 bridgehead atoms. The first kappa shape index (κ1) is 16.7. The molecule has 1 saturated heterocycles. The minimum atomic E-state index is -0.314. The van der Waals surface area contributed by atoms with Crippen molar-refractivity contribution in [3.05, 3.63) is 42.4 Å². The van der Waals surface area contributed by atoms with Crippen LogP contribution in [0.1, 0.15) is 18.1 Å². The fourth-order valence-electron chi connectivity index (χ4n) is 3.15. The van der Waals surface area contributed by atoms with Crippen molar-refractivity contribution >= 4 is 17.5 Å². The van der Waals surface area contributed by atoms with Gasteiger partial charge in [0.15, 0.2) is 5.65 Å². The second-order valence-electron chi connectivity index (χ2n) is 6.16. The van der Waals surface area contributed by atoms with Gasteiger partial charge in [-0.15, -0.1) is 10.2 Å². The molecule has 0 saturated carbocycles. The third-order valence-electron chi connectivity index (χ3n) is 4.48. The zero-order valence-corrected chi connectivity index (χ0v) is 14.4. The van der Waals surface area contributed by atoms with Crippen LogP contribution in [-0.4, -0.2) is 50.6 Å². The predicted molar refractivity (Wildman–Crippen MR) is 92.5 cm³/mol. The molecular formula is C17H20N6O3. The van der Waals surface area contributed by atoms with Crippen molar-refractivity contribution in [1.29, 1.82) is 0 Å². The smallest absolute Gasteiger partial charge is 0.235 e. The van der Waals surface area contributed by atoms with Crippen molar-refractivity contribution < 1.29 is 14.3 Å². The number of pyridine rings is 1. The molecule has 2 atom stereocenters. The number of rotatable bonds is 6. The van der Waals surface area contributed by atoms with Crippen molar-refractivity contribution in [2.24, 2.45) is 5.92 Å². The number of hydrogen-bond donors (Lipinski definition) is 1. The number of methoxy groups -OCH3 is 1. The van der Waals surface area contributed by atoms with Gasteiger partial charge in [-0.05, 0) is 18.6 Å². The Morgan fingerprint density at radius 2 is 2.35 bits per heavy atom. The van der Waals surface area contributed by atoms with Crippen LogP contribution in [0, 0.1) is 5.92 Å². The Kier molecular flexibility index (Phi) is 4.63. The average molecular weight is 356 g/mol. The summed E-state index contributed by atoms with van der Waals surface area (Å²) in [4.78, 5) is 12.8. The zero-order chi connectivity index (χ0) is 17.9. The Hall–Kier alpha value is -2.78. The van der Waals surface area contributed by atoms with Gasteiger partial charge in [0, 0.05) is 31.7 Å². The molecule has 3 aromatic rings. The summed E-state index contributed by atoms with van der Waals surface area (Å²) in [5.74, 6) is -0.0199. The summed E-state index contributed by atoms with van der Waals surface area (Å²) >= 11 is 0. The highest BCUT2D eigenvalue weighted by molar-refractivity contribution is 5.92. The fourth-order valence-corrected chi connectivity index (χ4v) is 3.15. The molecule has 9 nitrogen and oxygen atoms in total. The minimum Gasteiger partial charge on any atom is -0.383 e. The monoisotopic (exact) mass is 356 g/mol. The first-order chi connectivity index (χ1) is 12.8. The molecule has 1 aliphatic rings. The minimum absolute atomic E-state index is 0.129. The summed E-state index contributed by atoms with van der Waals surface area (Å²) in [5, 5.41) is 15.3. The number of nitrogens with zero attached hydrogens (tertiary/aromatic N) is 5. The topological polar surface area (TPSA) is 95.6 Å². The Bertz CT molecular complexity index is 905. The molecule has 3 aromatic heterocycles. The zero-order valence-electron chi connectivity index (χ0n) is 14.4. The van der Waals surface area contributed by atoms with Gasteiger partial charge >= 0.3 is 0 Å². The molecule has 0 unspecified atom stereocenters. The Labute approximate surface area is 149 Å². The van der Waals surface area contributed by atoms with Crippen LogP contribution in [0.15, 0.2) is 36.8 Å². The van der Waals surface area contributed by atoms with Crippen LogP contribution < -0.4 is 5.32 Å². The van der Waals surface area contributed by atoms with E-state index in [0.29, 0.717) is 37.8 Å². The van der Waals surface area contributed by atoms with E-state index in [1.807, 2.05) is 30.6 Å². The van der Waals surface area contributed by atoms with Crippen LogP contribution in [0.4, 0.5) is 5.95 Å². The van der Waals surface area contributed by atoms with Crippen LogP contribution in [0.5, 0.6) is 0 Å². The van der Waals surface area contributed by atoms with Gasteiger partial charge < -0.3 is 9.47 Å². The number of ether oxygens (including phenoxy) is 2. The Morgan fingerprint density at radius 3 is 3.23 bits per heavy atom. The molecule has 1 aliphatic heterocycles. The molecular weight excluding hydrogens is 336 g/mol. The van der Waals surface area contributed by atoms with Crippen molar-refractivity contribution in [3.63, 3.8) is 0 Å². The molecule has 1 fully saturated rings. The van der Waals surface area contributed by atoms with E-state index in [1.165, 1.54) is 0 Å². The fraction of sp³-hybridized carbons (Fsp3) is 0.412. The average Bonchev–Trinajstić information content (AvgIpc) is 3.39. The molecule has 26 heavy (non-hydrogen) atoms. The Balaban J connectivity index is 1.49. The quantitative estimate of drug-likeness (QED) is 0.715. The molecule has 9 heteroatoms. The van der Waals surface area contributed by atoms with Crippen molar-refractivity contribution in [2.75, 3.05) is 25.6 Å². The van der Waals surface area contributed by atoms with E-state index < -0.39 is 0 Å². The van der Waals surface area contributed by atoms with Crippen LogP contribution in [-0.2, 0) is 20.8 Å². The van der Waals surface area contributed by atoms with Gasteiger partial charge in [-0.3, -0.25) is 19.2 Å². The molecule has 0 aromatic carbocycles. The van der Waals surface area contributed by atoms with E-state index in [9.17, 15) is 4.79 Å². The van der Waals surface area contributed by atoms with E-state index in [4.69, 9.17) is 9.47 Å². The number of carbonyl (C=O) groups excluding carboxylic acids is 1. The summed E-state index contributed by atoms with van der Waals surface area (Å²) in [6, 6.07) is 5.57. The number of aromatic nitrogens is 5. The van der Waals surface area contributed by atoms with Crippen molar-refractivity contribution in [3.8, 4) is 0 Å². The molecule has 1 N–H and O–H groups in total. The van der Waals surface area contributed by atoms with E-state index >= 15 is 0 Å².